The number of hydrogen-bond donors (Lipinski definition) is 1. The maximum Gasteiger partial charge on any atom is 0.337 e. The number of carbonyl (C=O) groups is 1. The third-order valence-electron chi connectivity index (χ3n) is 2.62. The molecule has 1 heterocycles. The number of esters is 1. The van der Waals surface area contributed by atoms with Crippen molar-refractivity contribution in [2.24, 2.45) is 0 Å². The highest BCUT2D eigenvalue weighted by molar-refractivity contribution is 5.90. The molecule has 1 aliphatic rings. The minimum Gasteiger partial charge on any atom is -0.486 e. The smallest absolute Gasteiger partial charge is 0.337 e. The molecule has 1 saturated heterocycles. The van der Waals surface area contributed by atoms with E-state index in [4.69, 9.17) is 15.2 Å². The van der Waals surface area contributed by atoms with E-state index in [0.29, 0.717) is 30.2 Å². The maximum absolute atomic E-state index is 11.4. The minimum atomic E-state index is -0.405. The zero-order valence-electron chi connectivity index (χ0n) is 9.64. The van der Waals surface area contributed by atoms with Crippen LogP contribution in [0.5, 0.6) is 5.75 Å². The Morgan fingerprint density at radius 2 is 2.35 bits per heavy atom. The van der Waals surface area contributed by atoms with Crippen molar-refractivity contribution in [2.75, 3.05) is 26.1 Å². The van der Waals surface area contributed by atoms with Crippen LogP contribution in [0.3, 0.4) is 0 Å². The first-order chi connectivity index (χ1) is 8.20. The van der Waals surface area contributed by atoms with Crippen LogP contribution in [0.2, 0.25) is 0 Å². The highest BCUT2D eigenvalue weighted by Gasteiger charge is 2.19. The van der Waals surface area contributed by atoms with Crippen LogP contribution >= 0.6 is 0 Å². The summed E-state index contributed by atoms with van der Waals surface area (Å²) in [6.45, 7) is 1.25. The molecule has 17 heavy (non-hydrogen) atoms. The number of nitrogen functional groups attached to an aromatic ring is 1. The molecule has 0 amide bonds. The molecule has 0 spiro atoms. The van der Waals surface area contributed by atoms with Crippen molar-refractivity contribution >= 4 is 11.7 Å². The molecule has 0 aliphatic carbocycles. The number of carbonyl (C=O) groups excluding carboxylic acids is 1. The van der Waals surface area contributed by atoms with Gasteiger partial charge >= 0.3 is 5.97 Å². The van der Waals surface area contributed by atoms with Crippen LogP contribution in [0, 0.1) is 0 Å². The van der Waals surface area contributed by atoms with Gasteiger partial charge < -0.3 is 19.9 Å². The van der Waals surface area contributed by atoms with E-state index < -0.39 is 5.97 Å². The van der Waals surface area contributed by atoms with Crippen LogP contribution in [0.15, 0.2) is 18.2 Å². The van der Waals surface area contributed by atoms with E-state index in [1.54, 1.807) is 18.2 Å². The van der Waals surface area contributed by atoms with Gasteiger partial charge in [-0.05, 0) is 18.2 Å². The fourth-order valence-corrected chi connectivity index (χ4v) is 1.67. The molecule has 2 N–H and O–H groups in total. The molecule has 0 saturated carbocycles. The van der Waals surface area contributed by atoms with Gasteiger partial charge in [0.25, 0.3) is 0 Å². The predicted molar refractivity (Wildman–Crippen MR) is 62.0 cm³/mol. The number of hydrogen-bond acceptors (Lipinski definition) is 5. The van der Waals surface area contributed by atoms with Crippen LogP contribution in [0.4, 0.5) is 5.69 Å². The molecule has 1 fully saturated rings. The van der Waals surface area contributed by atoms with Crippen molar-refractivity contribution in [3.8, 4) is 5.75 Å². The first-order valence-electron chi connectivity index (χ1n) is 5.43. The molecule has 2 rings (SSSR count). The second kappa shape index (κ2) is 5.05. The van der Waals surface area contributed by atoms with Gasteiger partial charge in [-0.15, -0.1) is 0 Å². The van der Waals surface area contributed by atoms with E-state index in [-0.39, 0.29) is 6.10 Å². The van der Waals surface area contributed by atoms with Crippen molar-refractivity contribution in [2.45, 2.75) is 12.5 Å². The van der Waals surface area contributed by atoms with Crippen molar-refractivity contribution in [3.05, 3.63) is 23.8 Å². The van der Waals surface area contributed by atoms with Gasteiger partial charge in [0, 0.05) is 6.42 Å². The number of nitrogens with two attached hydrogens (primary N) is 1. The number of rotatable bonds is 3. The Labute approximate surface area is 99.5 Å². The monoisotopic (exact) mass is 237 g/mol. The predicted octanol–water partition coefficient (Wildman–Crippen LogP) is 1.22. The Morgan fingerprint density at radius 1 is 1.53 bits per heavy atom. The maximum atomic E-state index is 11.4. The van der Waals surface area contributed by atoms with Crippen LogP contribution in [0.25, 0.3) is 0 Å². The highest BCUT2D eigenvalue weighted by Crippen LogP contribution is 2.26. The standard InChI is InChI=1S/C12H15NO4/c1-15-12(14)8-2-3-10(13)11(6-8)17-9-4-5-16-7-9/h2-3,6,9H,4-5,7,13H2,1H3/t9-/m0/s1. The number of anilines is 1. The molecule has 5 nitrogen and oxygen atoms in total. The fourth-order valence-electron chi connectivity index (χ4n) is 1.67. The lowest BCUT2D eigenvalue weighted by molar-refractivity contribution is 0.0600. The third kappa shape index (κ3) is 2.68. The normalized spacial score (nSPS) is 19.0. The fraction of sp³-hybridized carbons (Fsp3) is 0.417. The Hall–Kier alpha value is -1.75. The van der Waals surface area contributed by atoms with E-state index in [0.717, 1.165) is 6.42 Å². The average molecular weight is 237 g/mol. The van der Waals surface area contributed by atoms with Crippen molar-refractivity contribution in [1.82, 2.24) is 0 Å². The summed E-state index contributed by atoms with van der Waals surface area (Å²) in [6.07, 6.45) is 0.840. The largest absolute Gasteiger partial charge is 0.486 e. The molecule has 0 aromatic heterocycles. The third-order valence-corrected chi connectivity index (χ3v) is 2.62. The minimum absolute atomic E-state index is 0.00481. The van der Waals surface area contributed by atoms with E-state index >= 15 is 0 Å². The van der Waals surface area contributed by atoms with Crippen molar-refractivity contribution in [1.29, 1.82) is 0 Å². The van der Waals surface area contributed by atoms with E-state index in [9.17, 15) is 4.79 Å². The Balaban J connectivity index is 2.16. The van der Waals surface area contributed by atoms with Gasteiger partial charge in [-0.3, -0.25) is 0 Å². The van der Waals surface area contributed by atoms with Gasteiger partial charge in [-0.2, -0.15) is 0 Å². The molecule has 0 radical (unpaired) electrons. The van der Waals surface area contributed by atoms with Gasteiger partial charge in [0.05, 0.1) is 31.6 Å². The first kappa shape index (κ1) is 11.7. The van der Waals surface area contributed by atoms with Gasteiger partial charge in [0.15, 0.2) is 0 Å². The summed E-state index contributed by atoms with van der Waals surface area (Å²) in [7, 11) is 1.34. The zero-order chi connectivity index (χ0) is 12.3. The zero-order valence-corrected chi connectivity index (χ0v) is 9.64. The molecule has 0 unspecified atom stereocenters. The van der Waals surface area contributed by atoms with E-state index in [1.807, 2.05) is 0 Å². The molecule has 5 heteroatoms. The second-order valence-corrected chi connectivity index (χ2v) is 3.85. The van der Waals surface area contributed by atoms with Crippen molar-refractivity contribution in [3.63, 3.8) is 0 Å². The summed E-state index contributed by atoms with van der Waals surface area (Å²) < 4.78 is 15.5. The summed E-state index contributed by atoms with van der Waals surface area (Å²) in [4.78, 5) is 11.4. The van der Waals surface area contributed by atoms with Crippen LogP contribution in [-0.2, 0) is 9.47 Å². The molecule has 0 bridgehead atoms. The molecule has 1 atom stereocenters. The Kier molecular flexibility index (Phi) is 3.49. The van der Waals surface area contributed by atoms with Gasteiger partial charge in [0.1, 0.15) is 11.9 Å². The average Bonchev–Trinajstić information content (AvgIpc) is 2.84. The van der Waals surface area contributed by atoms with E-state index in [2.05, 4.69) is 4.74 Å². The lowest BCUT2D eigenvalue weighted by atomic mass is 10.2. The van der Waals surface area contributed by atoms with Crippen LogP contribution in [0.1, 0.15) is 16.8 Å². The lowest BCUT2D eigenvalue weighted by Crippen LogP contribution is -2.17. The van der Waals surface area contributed by atoms with Crippen molar-refractivity contribution < 1.29 is 19.0 Å². The topological polar surface area (TPSA) is 70.8 Å². The summed E-state index contributed by atoms with van der Waals surface area (Å²) in [5.74, 6) is 0.0981. The summed E-state index contributed by atoms with van der Waals surface area (Å²) in [5.41, 5.74) is 6.72. The molecular formula is C12H15NO4. The quantitative estimate of drug-likeness (QED) is 0.632. The first-order valence-corrected chi connectivity index (χ1v) is 5.43. The number of benzene rings is 1. The highest BCUT2D eigenvalue weighted by atomic mass is 16.5. The molecule has 1 aromatic rings. The van der Waals surface area contributed by atoms with Gasteiger partial charge in [0.2, 0.25) is 0 Å². The number of methoxy groups -OCH3 is 1. The van der Waals surface area contributed by atoms with Gasteiger partial charge in [-0.1, -0.05) is 0 Å². The molecule has 1 aromatic carbocycles. The van der Waals surface area contributed by atoms with Crippen LogP contribution < -0.4 is 10.5 Å². The molecular weight excluding hydrogens is 222 g/mol. The van der Waals surface area contributed by atoms with E-state index in [1.165, 1.54) is 7.11 Å². The second-order valence-electron chi connectivity index (χ2n) is 3.85. The Bertz CT molecular complexity index is 413. The summed E-state index contributed by atoms with van der Waals surface area (Å²) in [5, 5.41) is 0. The summed E-state index contributed by atoms with van der Waals surface area (Å²) >= 11 is 0. The lowest BCUT2D eigenvalue weighted by Gasteiger charge is -2.14. The summed E-state index contributed by atoms with van der Waals surface area (Å²) in [6, 6.07) is 4.84. The molecule has 1 aliphatic heterocycles. The van der Waals surface area contributed by atoms with Gasteiger partial charge in [-0.25, -0.2) is 4.79 Å². The number of ether oxygens (including phenoxy) is 3. The SMILES string of the molecule is COC(=O)c1ccc(N)c(O[C@H]2CCOC2)c1. The van der Waals surface area contributed by atoms with Crippen LogP contribution in [-0.4, -0.2) is 32.4 Å². The molecule has 92 valence electrons. The Morgan fingerprint density at radius 3 is 3.00 bits per heavy atom.